The first-order chi connectivity index (χ1) is 9.56. The lowest BCUT2D eigenvalue weighted by atomic mass is 10.1. The van der Waals surface area contributed by atoms with Crippen molar-refractivity contribution in [2.75, 3.05) is 17.2 Å². The summed E-state index contributed by atoms with van der Waals surface area (Å²) in [6.07, 6.45) is 0. The zero-order chi connectivity index (χ0) is 14.5. The number of aryl methyl sites for hydroxylation is 3. The zero-order valence-corrected chi connectivity index (χ0v) is 12.2. The lowest BCUT2D eigenvalue weighted by molar-refractivity contribution is -0.114. The molecule has 0 bridgehead atoms. The van der Waals surface area contributed by atoms with Crippen LogP contribution in [0.25, 0.3) is 0 Å². The lowest BCUT2D eigenvalue weighted by Crippen LogP contribution is -2.22. The Morgan fingerprint density at radius 3 is 2.40 bits per heavy atom. The second-order valence-corrected chi connectivity index (χ2v) is 5.04. The van der Waals surface area contributed by atoms with E-state index >= 15 is 0 Å². The Morgan fingerprint density at radius 1 is 0.950 bits per heavy atom. The smallest absolute Gasteiger partial charge is 0.243 e. The number of rotatable bonds is 4. The second-order valence-electron chi connectivity index (χ2n) is 5.04. The minimum atomic E-state index is -0.0415. The summed E-state index contributed by atoms with van der Waals surface area (Å²) in [4.78, 5) is 12.0. The van der Waals surface area contributed by atoms with E-state index in [4.69, 9.17) is 0 Å². The molecule has 0 spiro atoms. The van der Waals surface area contributed by atoms with Crippen LogP contribution in [0.15, 0.2) is 42.5 Å². The molecule has 3 heteroatoms. The third-order valence-corrected chi connectivity index (χ3v) is 3.25. The number of carbonyl (C=O) groups excluding carboxylic acids is 1. The van der Waals surface area contributed by atoms with Crippen molar-refractivity contribution in [2.24, 2.45) is 0 Å². The lowest BCUT2D eigenvalue weighted by Gasteiger charge is -2.12. The van der Waals surface area contributed by atoms with E-state index in [1.807, 2.05) is 45.0 Å². The van der Waals surface area contributed by atoms with Crippen molar-refractivity contribution in [1.82, 2.24) is 0 Å². The molecule has 2 rings (SSSR count). The van der Waals surface area contributed by atoms with Gasteiger partial charge in [0.25, 0.3) is 0 Å². The minimum Gasteiger partial charge on any atom is -0.376 e. The first-order valence-electron chi connectivity index (χ1n) is 6.73. The van der Waals surface area contributed by atoms with Crippen LogP contribution in [-0.4, -0.2) is 12.5 Å². The van der Waals surface area contributed by atoms with Crippen LogP contribution in [0.5, 0.6) is 0 Å². The quantitative estimate of drug-likeness (QED) is 0.888. The van der Waals surface area contributed by atoms with Crippen molar-refractivity contribution < 1.29 is 4.79 Å². The van der Waals surface area contributed by atoms with E-state index in [1.165, 1.54) is 5.56 Å². The van der Waals surface area contributed by atoms with Crippen LogP contribution in [0.2, 0.25) is 0 Å². The molecule has 0 aliphatic rings. The summed E-state index contributed by atoms with van der Waals surface area (Å²) in [6.45, 7) is 6.31. The molecule has 0 saturated heterocycles. The van der Waals surface area contributed by atoms with Gasteiger partial charge >= 0.3 is 0 Å². The van der Waals surface area contributed by atoms with Gasteiger partial charge in [0.2, 0.25) is 5.91 Å². The fraction of sp³-hybridized carbons (Fsp3) is 0.235. The monoisotopic (exact) mass is 268 g/mol. The van der Waals surface area contributed by atoms with Gasteiger partial charge in [0.05, 0.1) is 6.54 Å². The summed E-state index contributed by atoms with van der Waals surface area (Å²) in [6, 6.07) is 13.9. The molecule has 0 aromatic heterocycles. The average Bonchev–Trinajstić information content (AvgIpc) is 2.42. The third kappa shape index (κ3) is 3.60. The Hall–Kier alpha value is -2.29. The molecular weight excluding hydrogens is 248 g/mol. The third-order valence-electron chi connectivity index (χ3n) is 3.25. The highest BCUT2D eigenvalue weighted by Gasteiger charge is 2.05. The first-order valence-corrected chi connectivity index (χ1v) is 6.73. The molecule has 0 saturated carbocycles. The van der Waals surface area contributed by atoms with Crippen molar-refractivity contribution in [2.45, 2.75) is 20.8 Å². The van der Waals surface area contributed by atoms with Crippen LogP contribution >= 0.6 is 0 Å². The van der Waals surface area contributed by atoms with E-state index in [2.05, 4.69) is 28.8 Å². The molecule has 1 amide bonds. The number of hydrogen-bond donors (Lipinski definition) is 2. The van der Waals surface area contributed by atoms with Gasteiger partial charge in [-0.1, -0.05) is 30.3 Å². The summed E-state index contributed by atoms with van der Waals surface area (Å²) < 4.78 is 0. The van der Waals surface area contributed by atoms with E-state index in [9.17, 15) is 4.79 Å². The van der Waals surface area contributed by atoms with Crippen LogP contribution in [0.4, 0.5) is 11.4 Å². The SMILES string of the molecule is Cc1ccc(C)c(NCC(=O)Nc2ccccc2C)c1. The van der Waals surface area contributed by atoms with E-state index in [-0.39, 0.29) is 12.5 Å². The van der Waals surface area contributed by atoms with Gasteiger partial charge in [-0.25, -0.2) is 0 Å². The highest BCUT2D eigenvalue weighted by molar-refractivity contribution is 5.94. The number of para-hydroxylation sites is 1. The van der Waals surface area contributed by atoms with E-state index in [0.717, 1.165) is 22.5 Å². The summed E-state index contributed by atoms with van der Waals surface area (Å²) in [5, 5.41) is 6.09. The Balaban J connectivity index is 1.96. The van der Waals surface area contributed by atoms with Gasteiger partial charge in [-0.05, 0) is 49.6 Å². The maximum Gasteiger partial charge on any atom is 0.243 e. The van der Waals surface area contributed by atoms with Crippen molar-refractivity contribution >= 4 is 17.3 Å². The maximum absolute atomic E-state index is 12.0. The summed E-state index contributed by atoms with van der Waals surface area (Å²) >= 11 is 0. The molecular formula is C17H20N2O. The number of benzene rings is 2. The molecule has 0 aliphatic carbocycles. The van der Waals surface area contributed by atoms with Gasteiger partial charge in [0, 0.05) is 11.4 Å². The van der Waals surface area contributed by atoms with Crippen LogP contribution in [-0.2, 0) is 4.79 Å². The van der Waals surface area contributed by atoms with Crippen molar-refractivity contribution in [3.63, 3.8) is 0 Å². The van der Waals surface area contributed by atoms with Gasteiger partial charge in [-0.3, -0.25) is 4.79 Å². The number of amides is 1. The Bertz CT molecular complexity index is 620. The summed E-state index contributed by atoms with van der Waals surface area (Å²) in [5.41, 5.74) is 5.24. The van der Waals surface area contributed by atoms with Gasteiger partial charge in [0.1, 0.15) is 0 Å². The van der Waals surface area contributed by atoms with Crippen LogP contribution < -0.4 is 10.6 Å². The van der Waals surface area contributed by atoms with Gasteiger partial charge in [-0.2, -0.15) is 0 Å². The minimum absolute atomic E-state index is 0.0415. The Labute approximate surface area is 120 Å². The molecule has 0 unspecified atom stereocenters. The largest absolute Gasteiger partial charge is 0.376 e. The topological polar surface area (TPSA) is 41.1 Å². The van der Waals surface area contributed by atoms with Crippen LogP contribution in [0, 0.1) is 20.8 Å². The van der Waals surface area contributed by atoms with Gasteiger partial charge in [-0.15, -0.1) is 0 Å². The maximum atomic E-state index is 12.0. The van der Waals surface area contributed by atoms with Gasteiger partial charge in [0.15, 0.2) is 0 Å². The van der Waals surface area contributed by atoms with Crippen LogP contribution in [0.1, 0.15) is 16.7 Å². The Kier molecular flexibility index (Phi) is 4.41. The molecule has 2 aromatic carbocycles. The fourth-order valence-electron chi connectivity index (χ4n) is 2.01. The molecule has 0 fully saturated rings. The molecule has 0 aliphatic heterocycles. The molecule has 0 heterocycles. The number of hydrogen-bond acceptors (Lipinski definition) is 2. The van der Waals surface area contributed by atoms with Crippen molar-refractivity contribution in [3.8, 4) is 0 Å². The molecule has 2 aromatic rings. The number of carbonyl (C=O) groups is 1. The molecule has 20 heavy (non-hydrogen) atoms. The highest BCUT2D eigenvalue weighted by atomic mass is 16.1. The number of anilines is 2. The first kappa shape index (κ1) is 14.1. The fourth-order valence-corrected chi connectivity index (χ4v) is 2.01. The molecule has 3 nitrogen and oxygen atoms in total. The molecule has 0 atom stereocenters. The normalized spacial score (nSPS) is 10.2. The van der Waals surface area contributed by atoms with Crippen molar-refractivity contribution in [3.05, 3.63) is 59.2 Å². The second kappa shape index (κ2) is 6.24. The molecule has 2 N–H and O–H groups in total. The predicted molar refractivity (Wildman–Crippen MR) is 84.2 cm³/mol. The van der Waals surface area contributed by atoms with E-state index in [1.54, 1.807) is 0 Å². The number of nitrogens with one attached hydrogen (secondary N) is 2. The standard InChI is InChI=1S/C17H20N2O/c1-12-8-9-14(3)16(10-12)18-11-17(20)19-15-7-5-4-6-13(15)2/h4-10,18H,11H2,1-3H3,(H,19,20). The predicted octanol–water partition coefficient (Wildman–Crippen LogP) is 3.66. The molecule has 104 valence electrons. The van der Waals surface area contributed by atoms with E-state index < -0.39 is 0 Å². The van der Waals surface area contributed by atoms with Crippen molar-refractivity contribution in [1.29, 1.82) is 0 Å². The highest BCUT2D eigenvalue weighted by Crippen LogP contribution is 2.16. The average molecular weight is 268 g/mol. The van der Waals surface area contributed by atoms with Gasteiger partial charge < -0.3 is 10.6 Å². The summed E-state index contributed by atoms with van der Waals surface area (Å²) in [5.74, 6) is -0.0415. The van der Waals surface area contributed by atoms with E-state index in [0.29, 0.717) is 0 Å². The Morgan fingerprint density at radius 2 is 1.65 bits per heavy atom. The zero-order valence-electron chi connectivity index (χ0n) is 12.2. The van der Waals surface area contributed by atoms with Crippen LogP contribution in [0.3, 0.4) is 0 Å². The molecule has 0 radical (unpaired) electrons. The summed E-state index contributed by atoms with van der Waals surface area (Å²) in [7, 11) is 0.